The summed E-state index contributed by atoms with van der Waals surface area (Å²) in [7, 11) is 0. The molecule has 1 aromatic heterocycles. The van der Waals surface area contributed by atoms with Crippen LogP contribution in [0.15, 0.2) is 30.3 Å². The molecule has 1 saturated heterocycles. The Balaban J connectivity index is 1.56. The Hall–Kier alpha value is -2.43. The summed E-state index contributed by atoms with van der Waals surface area (Å²) in [5, 5.41) is 0.917. The molecule has 0 atom stereocenters. The Bertz CT molecular complexity index is 888. The van der Waals surface area contributed by atoms with Gasteiger partial charge in [-0.05, 0) is 25.0 Å². The number of piperazine rings is 1. The number of pyridine rings is 1. The van der Waals surface area contributed by atoms with Gasteiger partial charge >= 0.3 is 0 Å². The number of benzene rings is 1. The van der Waals surface area contributed by atoms with Gasteiger partial charge in [-0.1, -0.05) is 39.0 Å². The fourth-order valence-corrected chi connectivity index (χ4v) is 3.72. The minimum absolute atomic E-state index is 0.0540. The number of hydrogen-bond acceptors (Lipinski definition) is 3. The topological polar surface area (TPSA) is 53.5 Å². The lowest BCUT2D eigenvalue weighted by Crippen LogP contribution is -2.53. The Morgan fingerprint density at radius 1 is 1.00 bits per heavy atom. The quantitative estimate of drug-likeness (QED) is 0.819. The number of para-hydroxylation sites is 1. The summed E-state index contributed by atoms with van der Waals surface area (Å²) < 4.78 is 0. The summed E-state index contributed by atoms with van der Waals surface area (Å²) >= 11 is 0. The van der Waals surface area contributed by atoms with Gasteiger partial charge in [0.25, 0.3) is 5.91 Å². The molecule has 0 radical (unpaired) electrons. The molecule has 2 amide bonds. The molecule has 2 fully saturated rings. The van der Waals surface area contributed by atoms with E-state index in [2.05, 4.69) is 0 Å². The zero-order valence-corrected chi connectivity index (χ0v) is 16.4. The number of fused-ring (bicyclic) bond motifs is 1. The van der Waals surface area contributed by atoms with Crippen molar-refractivity contribution < 1.29 is 9.59 Å². The lowest BCUT2D eigenvalue weighted by Gasteiger charge is -2.37. The molecule has 0 spiro atoms. The summed E-state index contributed by atoms with van der Waals surface area (Å²) in [6, 6.07) is 9.88. The number of nitrogens with zero attached hydrogens (tertiary/aromatic N) is 3. The Labute approximate surface area is 160 Å². The Kier molecular flexibility index (Phi) is 4.41. The molecule has 2 aromatic rings. The maximum Gasteiger partial charge on any atom is 0.254 e. The fraction of sp³-hybridized carbons (Fsp3) is 0.500. The van der Waals surface area contributed by atoms with E-state index in [1.807, 2.05) is 60.9 Å². The summed E-state index contributed by atoms with van der Waals surface area (Å²) in [6.45, 7) is 8.17. The lowest BCUT2D eigenvalue weighted by atomic mass is 9.94. The summed E-state index contributed by atoms with van der Waals surface area (Å²) in [5.74, 6) is 0.709. The highest BCUT2D eigenvalue weighted by Gasteiger charge is 2.32. The van der Waals surface area contributed by atoms with Crippen LogP contribution in [0.1, 0.15) is 55.6 Å². The van der Waals surface area contributed by atoms with E-state index in [4.69, 9.17) is 4.98 Å². The molecular formula is C22H27N3O2. The maximum absolute atomic E-state index is 13.3. The van der Waals surface area contributed by atoms with Crippen molar-refractivity contribution in [2.75, 3.05) is 26.2 Å². The van der Waals surface area contributed by atoms with Gasteiger partial charge in [-0.15, -0.1) is 0 Å². The second kappa shape index (κ2) is 6.63. The van der Waals surface area contributed by atoms with Gasteiger partial charge in [0.1, 0.15) is 0 Å². The normalized spacial score (nSPS) is 18.0. The van der Waals surface area contributed by atoms with Crippen molar-refractivity contribution >= 4 is 22.7 Å². The first-order valence-electron chi connectivity index (χ1n) is 9.83. The number of hydrogen-bond donors (Lipinski definition) is 0. The van der Waals surface area contributed by atoms with Crippen LogP contribution in [-0.2, 0) is 4.79 Å². The minimum Gasteiger partial charge on any atom is -0.339 e. The van der Waals surface area contributed by atoms with E-state index in [0.717, 1.165) is 35.0 Å². The first-order chi connectivity index (χ1) is 12.8. The highest BCUT2D eigenvalue weighted by Crippen LogP contribution is 2.40. The fourth-order valence-electron chi connectivity index (χ4n) is 3.72. The zero-order chi connectivity index (χ0) is 19.2. The number of rotatable bonds is 2. The van der Waals surface area contributed by atoms with Crippen LogP contribution in [0.2, 0.25) is 0 Å². The summed E-state index contributed by atoms with van der Waals surface area (Å²) in [4.78, 5) is 34.3. The van der Waals surface area contributed by atoms with Gasteiger partial charge in [0, 0.05) is 48.6 Å². The number of amides is 2. The molecular weight excluding hydrogens is 338 g/mol. The Morgan fingerprint density at radius 3 is 2.26 bits per heavy atom. The molecule has 1 aliphatic heterocycles. The van der Waals surface area contributed by atoms with E-state index in [-0.39, 0.29) is 17.2 Å². The average Bonchev–Trinajstić information content (AvgIpc) is 3.50. The first kappa shape index (κ1) is 18.0. The molecule has 0 N–H and O–H groups in total. The van der Waals surface area contributed by atoms with Crippen molar-refractivity contribution in [3.05, 3.63) is 41.6 Å². The van der Waals surface area contributed by atoms with E-state index < -0.39 is 0 Å². The molecule has 2 heterocycles. The smallest absolute Gasteiger partial charge is 0.254 e. The summed E-state index contributed by atoms with van der Waals surface area (Å²) in [5.41, 5.74) is 2.30. The van der Waals surface area contributed by atoms with Crippen molar-refractivity contribution in [1.82, 2.24) is 14.8 Å². The van der Waals surface area contributed by atoms with Crippen molar-refractivity contribution in [3.8, 4) is 0 Å². The van der Waals surface area contributed by atoms with Crippen LogP contribution in [0.4, 0.5) is 0 Å². The van der Waals surface area contributed by atoms with Crippen molar-refractivity contribution in [2.45, 2.75) is 39.5 Å². The third kappa shape index (κ3) is 3.55. The van der Waals surface area contributed by atoms with Crippen LogP contribution >= 0.6 is 0 Å². The number of carbonyl (C=O) groups is 2. The second-order valence-electron chi connectivity index (χ2n) is 8.72. The average molecular weight is 365 g/mol. The van der Waals surface area contributed by atoms with Gasteiger partial charge in [-0.25, -0.2) is 0 Å². The minimum atomic E-state index is -0.382. The highest BCUT2D eigenvalue weighted by atomic mass is 16.2. The molecule has 1 aromatic carbocycles. The molecule has 0 unspecified atom stereocenters. The molecule has 142 valence electrons. The first-order valence-corrected chi connectivity index (χ1v) is 9.83. The van der Waals surface area contributed by atoms with Gasteiger partial charge < -0.3 is 9.80 Å². The molecule has 0 bridgehead atoms. The van der Waals surface area contributed by atoms with Crippen LogP contribution in [0, 0.1) is 5.41 Å². The van der Waals surface area contributed by atoms with E-state index in [9.17, 15) is 9.59 Å². The molecule has 27 heavy (non-hydrogen) atoms. The van der Waals surface area contributed by atoms with Crippen LogP contribution in [0.5, 0.6) is 0 Å². The number of carbonyl (C=O) groups excluding carboxylic acids is 2. The van der Waals surface area contributed by atoms with Gasteiger partial charge in [0.2, 0.25) is 5.91 Å². The third-order valence-electron chi connectivity index (χ3n) is 5.46. The predicted octanol–water partition coefficient (Wildman–Crippen LogP) is 3.44. The van der Waals surface area contributed by atoms with Crippen LogP contribution in [0.25, 0.3) is 10.9 Å². The van der Waals surface area contributed by atoms with Crippen molar-refractivity contribution in [3.63, 3.8) is 0 Å². The SMILES string of the molecule is CC(C)(C)C(=O)N1CCN(C(=O)c2cc(C3CC3)nc3ccccc23)CC1. The molecule has 1 aliphatic carbocycles. The second-order valence-corrected chi connectivity index (χ2v) is 8.72. The van der Waals surface area contributed by atoms with Crippen LogP contribution in [0.3, 0.4) is 0 Å². The van der Waals surface area contributed by atoms with E-state index in [1.165, 1.54) is 0 Å². The lowest BCUT2D eigenvalue weighted by molar-refractivity contribution is -0.140. The zero-order valence-electron chi connectivity index (χ0n) is 16.4. The highest BCUT2D eigenvalue weighted by molar-refractivity contribution is 6.06. The third-order valence-corrected chi connectivity index (χ3v) is 5.46. The van der Waals surface area contributed by atoms with Crippen LogP contribution < -0.4 is 0 Å². The molecule has 4 rings (SSSR count). The molecule has 5 heteroatoms. The Morgan fingerprint density at radius 2 is 1.63 bits per heavy atom. The van der Waals surface area contributed by atoms with Gasteiger partial charge in [-0.3, -0.25) is 14.6 Å². The number of aromatic nitrogens is 1. The van der Waals surface area contributed by atoms with E-state index in [1.54, 1.807) is 0 Å². The maximum atomic E-state index is 13.3. The van der Waals surface area contributed by atoms with E-state index in [0.29, 0.717) is 32.1 Å². The monoisotopic (exact) mass is 365 g/mol. The van der Waals surface area contributed by atoms with Crippen molar-refractivity contribution in [2.24, 2.45) is 5.41 Å². The predicted molar refractivity (Wildman–Crippen MR) is 106 cm³/mol. The molecule has 1 saturated carbocycles. The van der Waals surface area contributed by atoms with Gasteiger partial charge in [0.05, 0.1) is 11.1 Å². The van der Waals surface area contributed by atoms with Crippen LogP contribution in [-0.4, -0.2) is 52.8 Å². The molecule has 5 nitrogen and oxygen atoms in total. The van der Waals surface area contributed by atoms with E-state index >= 15 is 0 Å². The van der Waals surface area contributed by atoms with Gasteiger partial charge in [0.15, 0.2) is 0 Å². The molecule has 2 aliphatic rings. The van der Waals surface area contributed by atoms with Crippen molar-refractivity contribution in [1.29, 1.82) is 0 Å². The summed E-state index contributed by atoms with van der Waals surface area (Å²) in [6.07, 6.45) is 2.32. The largest absolute Gasteiger partial charge is 0.339 e. The van der Waals surface area contributed by atoms with Gasteiger partial charge in [-0.2, -0.15) is 0 Å². The standard InChI is InChI=1S/C22H27N3O2/c1-22(2,3)21(27)25-12-10-24(11-13-25)20(26)17-14-19(15-8-9-15)23-18-7-5-4-6-16(17)18/h4-7,14-15H,8-13H2,1-3H3.